The van der Waals surface area contributed by atoms with Crippen LogP contribution in [0.15, 0.2) is 72.0 Å². The summed E-state index contributed by atoms with van der Waals surface area (Å²) in [6.07, 6.45) is 0. The molecule has 1 atom stereocenters. The maximum Gasteiger partial charge on any atom is 0.295 e. The van der Waals surface area contributed by atoms with Crippen LogP contribution in [0.25, 0.3) is 0 Å². The van der Waals surface area contributed by atoms with Crippen molar-refractivity contribution >= 4 is 17.5 Å². The standard InChI is InChI=1S/C26H25N3O3/c1-15(2)19-6-5-7-20(14-19)23-22(24(30)18-11-8-16(3)9-12-18)25(31)26(32)29(23)21-13-10-17(4)27-28-21/h5-15,23,31H,1-4H3. The van der Waals surface area contributed by atoms with E-state index in [1.54, 1.807) is 31.2 Å². The van der Waals surface area contributed by atoms with Crippen molar-refractivity contribution in [3.8, 4) is 0 Å². The number of amides is 1. The number of hydrogen-bond donors (Lipinski definition) is 1. The largest absolute Gasteiger partial charge is 0.503 e. The van der Waals surface area contributed by atoms with Crippen molar-refractivity contribution in [1.29, 1.82) is 0 Å². The highest BCUT2D eigenvalue weighted by Crippen LogP contribution is 2.41. The molecule has 1 amide bonds. The minimum absolute atomic E-state index is 0.0436. The van der Waals surface area contributed by atoms with Crippen LogP contribution >= 0.6 is 0 Å². The Balaban J connectivity index is 1.89. The second-order valence-electron chi connectivity index (χ2n) is 8.39. The number of Topliss-reactive ketones (excluding diaryl/α,β-unsaturated/α-hetero) is 1. The lowest BCUT2D eigenvalue weighted by molar-refractivity contribution is -0.117. The number of aliphatic hydroxyl groups excluding tert-OH is 1. The topological polar surface area (TPSA) is 83.4 Å². The monoisotopic (exact) mass is 427 g/mol. The Bertz CT molecular complexity index is 1210. The molecule has 0 bridgehead atoms. The van der Waals surface area contributed by atoms with Gasteiger partial charge in [-0.15, -0.1) is 5.10 Å². The summed E-state index contributed by atoms with van der Waals surface area (Å²) >= 11 is 0. The Morgan fingerprint density at radius 2 is 1.72 bits per heavy atom. The van der Waals surface area contributed by atoms with Crippen LogP contribution < -0.4 is 4.90 Å². The summed E-state index contributed by atoms with van der Waals surface area (Å²) < 4.78 is 0. The molecule has 3 aromatic rings. The summed E-state index contributed by atoms with van der Waals surface area (Å²) in [4.78, 5) is 28.1. The van der Waals surface area contributed by atoms with Gasteiger partial charge < -0.3 is 5.11 Å². The van der Waals surface area contributed by atoms with Crippen LogP contribution in [0.2, 0.25) is 0 Å². The third-order valence-corrected chi connectivity index (χ3v) is 5.69. The first-order valence-corrected chi connectivity index (χ1v) is 10.6. The van der Waals surface area contributed by atoms with Gasteiger partial charge in [-0.2, -0.15) is 5.10 Å². The van der Waals surface area contributed by atoms with Crippen LogP contribution in [-0.2, 0) is 4.79 Å². The Morgan fingerprint density at radius 1 is 1.00 bits per heavy atom. The highest BCUT2D eigenvalue weighted by molar-refractivity contribution is 6.20. The molecule has 0 aliphatic carbocycles. The molecule has 1 aliphatic heterocycles. The lowest BCUT2D eigenvalue weighted by Gasteiger charge is -2.26. The van der Waals surface area contributed by atoms with E-state index in [9.17, 15) is 14.7 Å². The van der Waals surface area contributed by atoms with E-state index in [0.29, 0.717) is 11.3 Å². The summed E-state index contributed by atoms with van der Waals surface area (Å²) in [5, 5.41) is 19.1. The summed E-state index contributed by atoms with van der Waals surface area (Å²) in [6.45, 7) is 7.89. The van der Waals surface area contributed by atoms with Crippen molar-refractivity contribution < 1.29 is 14.7 Å². The van der Waals surface area contributed by atoms with Crippen LogP contribution in [0.3, 0.4) is 0 Å². The van der Waals surface area contributed by atoms with Gasteiger partial charge in [-0.25, -0.2) is 0 Å². The molecule has 0 spiro atoms. The number of aliphatic hydroxyl groups is 1. The average molecular weight is 428 g/mol. The SMILES string of the molecule is Cc1ccc(C(=O)C2=C(O)C(=O)N(c3ccc(C)nn3)C2c2cccc(C(C)C)c2)cc1. The maximum absolute atomic E-state index is 13.5. The molecule has 1 aliphatic rings. The van der Waals surface area contributed by atoms with Crippen molar-refractivity contribution in [3.05, 3.63) is 99.9 Å². The van der Waals surface area contributed by atoms with Crippen molar-refractivity contribution in [3.63, 3.8) is 0 Å². The fourth-order valence-corrected chi connectivity index (χ4v) is 3.86. The number of rotatable bonds is 5. The van der Waals surface area contributed by atoms with Gasteiger partial charge in [0, 0.05) is 5.56 Å². The zero-order valence-electron chi connectivity index (χ0n) is 18.5. The lowest BCUT2D eigenvalue weighted by atomic mass is 9.90. The minimum Gasteiger partial charge on any atom is -0.503 e. The Hall–Kier alpha value is -3.80. The van der Waals surface area contributed by atoms with Crippen molar-refractivity contribution in [2.24, 2.45) is 0 Å². The third kappa shape index (κ3) is 3.80. The molecule has 0 saturated carbocycles. The average Bonchev–Trinajstić information content (AvgIpc) is 3.05. The number of anilines is 1. The smallest absolute Gasteiger partial charge is 0.295 e. The lowest BCUT2D eigenvalue weighted by Crippen LogP contribution is -2.32. The molecule has 1 aromatic heterocycles. The highest BCUT2D eigenvalue weighted by atomic mass is 16.3. The van der Waals surface area contributed by atoms with E-state index < -0.39 is 23.5 Å². The second kappa shape index (κ2) is 8.38. The summed E-state index contributed by atoms with van der Waals surface area (Å²) in [5.74, 6) is -1.08. The predicted molar refractivity (Wildman–Crippen MR) is 123 cm³/mol. The van der Waals surface area contributed by atoms with Gasteiger partial charge in [0.05, 0.1) is 17.3 Å². The quantitative estimate of drug-likeness (QED) is 0.580. The molecule has 0 saturated heterocycles. The zero-order chi connectivity index (χ0) is 23.0. The van der Waals surface area contributed by atoms with Gasteiger partial charge in [0.25, 0.3) is 5.91 Å². The zero-order valence-corrected chi connectivity index (χ0v) is 18.5. The maximum atomic E-state index is 13.5. The molecule has 1 N–H and O–H groups in total. The van der Waals surface area contributed by atoms with Crippen LogP contribution in [0.5, 0.6) is 0 Å². The predicted octanol–water partition coefficient (Wildman–Crippen LogP) is 5.00. The van der Waals surface area contributed by atoms with Crippen molar-refractivity contribution in [1.82, 2.24) is 10.2 Å². The van der Waals surface area contributed by atoms with Gasteiger partial charge in [-0.05, 0) is 43.0 Å². The first kappa shape index (κ1) is 21.4. The summed E-state index contributed by atoms with van der Waals surface area (Å²) in [5.41, 5.74) is 3.96. The van der Waals surface area contributed by atoms with Crippen molar-refractivity contribution in [2.45, 2.75) is 39.7 Å². The molecule has 6 heteroatoms. The Labute approximate surface area is 187 Å². The molecule has 4 rings (SSSR count). The molecular formula is C26H25N3O3. The molecule has 1 unspecified atom stereocenters. The number of aromatic nitrogens is 2. The van der Waals surface area contributed by atoms with Crippen molar-refractivity contribution in [2.75, 3.05) is 4.90 Å². The number of hydrogen-bond acceptors (Lipinski definition) is 5. The summed E-state index contributed by atoms with van der Waals surface area (Å²) in [6, 6.07) is 17.4. The van der Waals surface area contributed by atoms with Gasteiger partial charge >= 0.3 is 0 Å². The van der Waals surface area contributed by atoms with E-state index in [1.807, 2.05) is 43.3 Å². The van der Waals surface area contributed by atoms with E-state index in [4.69, 9.17) is 0 Å². The van der Waals surface area contributed by atoms with E-state index in [0.717, 1.165) is 16.7 Å². The number of aryl methyl sites for hydroxylation is 2. The fourth-order valence-electron chi connectivity index (χ4n) is 3.86. The number of carbonyl (C=O) groups excluding carboxylic acids is 2. The molecule has 2 aromatic carbocycles. The first-order chi connectivity index (χ1) is 15.3. The first-order valence-electron chi connectivity index (χ1n) is 10.6. The Morgan fingerprint density at radius 3 is 2.34 bits per heavy atom. The van der Waals surface area contributed by atoms with Crippen LogP contribution in [0.1, 0.15) is 58.5 Å². The number of ketones is 1. The number of carbonyl (C=O) groups is 2. The van der Waals surface area contributed by atoms with Crippen LogP contribution in [-0.4, -0.2) is 27.0 Å². The van der Waals surface area contributed by atoms with Crippen LogP contribution in [0.4, 0.5) is 5.82 Å². The fraction of sp³-hybridized carbons (Fsp3) is 0.231. The molecular weight excluding hydrogens is 402 g/mol. The summed E-state index contributed by atoms with van der Waals surface area (Å²) in [7, 11) is 0. The number of nitrogens with zero attached hydrogens (tertiary/aromatic N) is 3. The van der Waals surface area contributed by atoms with Crippen LogP contribution in [0, 0.1) is 13.8 Å². The highest BCUT2D eigenvalue weighted by Gasteiger charge is 2.45. The molecule has 0 fully saturated rings. The molecule has 32 heavy (non-hydrogen) atoms. The van der Waals surface area contributed by atoms with Gasteiger partial charge in [-0.1, -0.05) is 67.9 Å². The third-order valence-electron chi connectivity index (χ3n) is 5.69. The van der Waals surface area contributed by atoms with E-state index in [1.165, 1.54) is 4.90 Å². The second-order valence-corrected chi connectivity index (χ2v) is 8.39. The molecule has 0 radical (unpaired) electrons. The van der Waals surface area contributed by atoms with E-state index >= 15 is 0 Å². The molecule has 2 heterocycles. The van der Waals surface area contributed by atoms with Gasteiger partial charge in [0.1, 0.15) is 0 Å². The van der Waals surface area contributed by atoms with E-state index in [2.05, 4.69) is 24.0 Å². The number of benzene rings is 2. The van der Waals surface area contributed by atoms with Gasteiger partial charge in [-0.3, -0.25) is 14.5 Å². The molecule has 6 nitrogen and oxygen atoms in total. The minimum atomic E-state index is -0.813. The molecule has 162 valence electrons. The van der Waals surface area contributed by atoms with Gasteiger partial charge in [0.15, 0.2) is 17.4 Å². The normalized spacial score (nSPS) is 16.2. The Kier molecular flexibility index (Phi) is 5.61. The van der Waals surface area contributed by atoms with E-state index in [-0.39, 0.29) is 17.3 Å². The van der Waals surface area contributed by atoms with Gasteiger partial charge in [0.2, 0.25) is 0 Å².